The number of thiophene rings is 1. The van der Waals surface area contributed by atoms with Crippen LogP contribution in [0.4, 0.5) is 5.69 Å². The third kappa shape index (κ3) is 4.94. The van der Waals surface area contributed by atoms with E-state index in [0.717, 1.165) is 21.4 Å². The van der Waals surface area contributed by atoms with Crippen LogP contribution in [0.1, 0.15) is 18.2 Å². The molecule has 1 heterocycles. The summed E-state index contributed by atoms with van der Waals surface area (Å²) in [6.07, 6.45) is 1.06. The molecule has 114 valence electrons. The molecule has 0 atom stereocenters. The maximum absolute atomic E-state index is 12.3. The molecule has 4 nitrogen and oxygen atoms in total. The predicted molar refractivity (Wildman–Crippen MR) is 96.3 cm³/mol. The highest BCUT2D eigenvalue weighted by molar-refractivity contribution is 14.1. The van der Waals surface area contributed by atoms with Gasteiger partial charge in [-0.25, -0.2) is 8.42 Å². The van der Waals surface area contributed by atoms with Crippen molar-refractivity contribution in [3.63, 3.8) is 0 Å². The Hall–Kier alpha value is -0.640. The summed E-state index contributed by atoms with van der Waals surface area (Å²) in [5.74, 6) is 0. The fourth-order valence-electron chi connectivity index (χ4n) is 1.75. The molecule has 0 saturated heterocycles. The molecule has 1 aromatic heterocycles. The Morgan fingerprint density at radius 2 is 2.10 bits per heavy atom. The summed E-state index contributed by atoms with van der Waals surface area (Å²) in [6.45, 7) is 3.74. The minimum absolute atomic E-state index is 0.319. The molecule has 2 N–H and O–H groups in total. The summed E-state index contributed by atoms with van der Waals surface area (Å²) in [4.78, 5) is 1.34. The van der Waals surface area contributed by atoms with E-state index in [1.54, 1.807) is 23.6 Å². The third-order valence-electron chi connectivity index (χ3n) is 2.74. The average Bonchev–Trinajstić information content (AvgIpc) is 2.88. The van der Waals surface area contributed by atoms with Crippen LogP contribution in [0, 0.1) is 3.57 Å². The van der Waals surface area contributed by atoms with Crippen molar-refractivity contribution in [1.29, 1.82) is 0 Å². The van der Waals surface area contributed by atoms with Gasteiger partial charge in [-0.15, -0.1) is 11.3 Å². The minimum Gasteiger partial charge on any atom is -0.312 e. The fraction of sp³-hybridized carbons (Fsp3) is 0.286. The summed E-state index contributed by atoms with van der Waals surface area (Å²) in [6, 6.07) is 9.02. The van der Waals surface area contributed by atoms with Crippen LogP contribution in [0.3, 0.4) is 0 Å². The van der Waals surface area contributed by atoms with Gasteiger partial charge in [0.2, 0.25) is 0 Å². The molecule has 0 aliphatic carbocycles. The number of hydrogen-bond donors (Lipinski definition) is 2. The number of nitrogens with one attached hydrogen (secondary N) is 2. The molecule has 0 unspecified atom stereocenters. The Bertz CT molecular complexity index is 699. The lowest BCUT2D eigenvalue weighted by Gasteiger charge is -2.06. The zero-order valence-corrected chi connectivity index (χ0v) is 15.4. The number of anilines is 1. The Kier molecular flexibility index (Phi) is 6.03. The molecule has 0 amide bonds. The molecule has 0 aliphatic heterocycles. The number of benzene rings is 1. The Morgan fingerprint density at radius 1 is 1.29 bits per heavy atom. The van der Waals surface area contributed by atoms with Gasteiger partial charge in [-0.2, -0.15) is 0 Å². The van der Waals surface area contributed by atoms with Crippen molar-refractivity contribution in [3.05, 3.63) is 44.2 Å². The molecule has 7 heteroatoms. The van der Waals surface area contributed by atoms with E-state index in [9.17, 15) is 8.42 Å². The smallest absolute Gasteiger partial charge is 0.262 e. The van der Waals surface area contributed by atoms with Crippen molar-refractivity contribution < 1.29 is 8.42 Å². The van der Waals surface area contributed by atoms with Crippen LogP contribution in [0.5, 0.6) is 0 Å². The maximum atomic E-state index is 12.3. The second-order valence-corrected chi connectivity index (χ2v) is 8.47. The summed E-state index contributed by atoms with van der Waals surface area (Å²) in [5, 5.41) is 4.95. The van der Waals surface area contributed by atoms with E-state index in [4.69, 9.17) is 0 Å². The SMILES string of the molecule is CCCNCc1cc(S(=O)(=O)Nc2cccc(I)c2)cs1. The van der Waals surface area contributed by atoms with Gasteiger partial charge in [-0.1, -0.05) is 13.0 Å². The highest BCUT2D eigenvalue weighted by Crippen LogP contribution is 2.22. The molecule has 0 aliphatic rings. The molecule has 21 heavy (non-hydrogen) atoms. The van der Waals surface area contributed by atoms with Crippen molar-refractivity contribution in [1.82, 2.24) is 5.32 Å². The van der Waals surface area contributed by atoms with Gasteiger partial charge in [-0.3, -0.25) is 4.72 Å². The van der Waals surface area contributed by atoms with E-state index >= 15 is 0 Å². The van der Waals surface area contributed by atoms with Gasteiger partial charge in [0, 0.05) is 26.1 Å². The standard InChI is InChI=1S/C14H17IN2O2S2/c1-2-6-16-9-13-8-14(10-20-13)21(18,19)17-12-5-3-4-11(15)7-12/h3-5,7-8,10,16-17H,2,6,9H2,1H3. The molecule has 0 saturated carbocycles. The summed E-state index contributed by atoms with van der Waals surface area (Å²) in [7, 11) is -3.51. The van der Waals surface area contributed by atoms with Gasteiger partial charge < -0.3 is 5.32 Å². The summed E-state index contributed by atoms with van der Waals surface area (Å²) < 4.78 is 28.3. The lowest BCUT2D eigenvalue weighted by molar-refractivity contribution is 0.601. The van der Waals surface area contributed by atoms with Crippen LogP contribution in [0.2, 0.25) is 0 Å². The zero-order chi connectivity index (χ0) is 15.3. The fourth-order valence-corrected chi connectivity index (χ4v) is 4.59. The number of hydrogen-bond acceptors (Lipinski definition) is 4. The van der Waals surface area contributed by atoms with Gasteiger partial charge in [-0.05, 0) is 59.8 Å². The number of rotatable bonds is 7. The number of halogens is 1. The summed E-state index contributed by atoms with van der Waals surface area (Å²) >= 11 is 3.61. The number of sulfonamides is 1. The Morgan fingerprint density at radius 3 is 2.81 bits per heavy atom. The van der Waals surface area contributed by atoms with E-state index in [1.165, 1.54) is 11.3 Å². The van der Waals surface area contributed by atoms with E-state index < -0.39 is 10.0 Å². The highest BCUT2D eigenvalue weighted by atomic mass is 127. The lowest BCUT2D eigenvalue weighted by Crippen LogP contribution is -2.13. The van der Waals surface area contributed by atoms with Crippen molar-refractivity contribution in [3.8, 4) is 0 Å². The van der Waals surface area contributed by atoms with E-state index in [0.29, 0.717) is 17.1 Å². The zero-order valence-electron chi connectivity index (χ0n) is 11.6. The molecule has 0 bridgehead atoms. The van der Waals surface area contributed by atoms with Crippen LogP contribution in [0.25, 0.3) is 0 Å². The van der Waals surface area contributed by atoms with Crippen LogP contribution >= 0.6 is 33.9 Å². The van der Waals surface area contributed by atoms with Gasteiger partial charge in [0.15, 0.2) is 0 Å². The van der Waals surface area contributed by atoms with Crippen molar-refractivity contribution in [2.24, 2.45) is 0 Å². The van der Waals surface area contributed by atoms with Gasteiger partial charge in [0.05, 0.1) is 4.90 Å². The summed E-state index contributed by atoms with van der Waals surface area (Å²) in [5.41, 5.74) is 0.582. The molecule has 2 rings (SSSR count). The van der Waals surface area contributed by atoms with E-state index in [1.807, 2.05) is 12.1 Å². The minimum atomic E-state index is -3.51. The molecule has 2 aromatic rings. The maximum Gasteiger partial charge on any atom is 0.262 e. The van der Waals surface area contributed by atoms with E-state index in [2.05, 4.69) is 39.6 Å². The van der Waals surface area contributed by atoms with E-state index in [-0.39, 0.29) is 0 Å². The van der Waals surface area contributed by atoms with Gasteiger partial charge >= 0.3 is 0 Å². The topological polar surface area (TPSA) is 58.2 Å². The second-order valence-electron chi connectivity index (χ2n) is 4.54. The molecule has 0 spiro atoms. The van der Waals surface area contributed by atoms with Crippen molar-refractivity contribution in [2.75, 3.05) is 11.3 Å². The molecule has 1 aromatic carbocycles. The highest BCUT2D eigenvalue weighted by Gasteiger charge is 2.16. The van der Waals surface area contributed by atoms with Gasteiger partial charge in [0.1, 0.15) is 0 Å². The lowest BCUT2D eigenvalue weighted by atomic mass is 10.3. The first-order valence-corrected chi connectivity index (χ1v) is 10.0. The quantitative estimate of drug-likeness (QED) is 0.515. The van der Waals surface area contributed by atoms with Crippen LogP contribution in [-0.4, -0.2) is 15.0 Å². The first kappa shape index (κ1) is 16.7. The second kappa shape index (κ2) is 7.57. The Balaban J connectivity index is 2.09. The van der Waals surface area contributed by atoms with Crippen molar-refractivity contribution in [2.45, 2.75) is 24.8 Å². The molecule has 0 radical (unpaired) electrons. The molecular weight excluding hydrogens is 419 g/mol. The first-order chi connectivity index (χ1) is 10.0. The van der Waals surface area contributed by atoms with Crippen LogP contribution in [0.15, 0.2) is 40.6 Å². The molecule has 0 fully saturated rings. The predicted octanol–water partition coefficient (Wildman–Crippen LogP) is 3.65. The van der Waals surface area contributed by atoms with Gasteiger partial charge in [0.25, 0.3) is 10.0 Å². The van der Waals surface area contributed by atoms with Crippen molar-refractivity contribution >= 4 is 49.6 Å². The van der Waals surface area contributed by atoms with Crippen LogP contribution < -0.4 is 10.0 Å². The molecular formula is C14H17IN2O2S2. The first-order valence-electron chi connectivity index (χ1n) is 6.58. The Labute approximate surface area is 143 Å². The average molecular weight is 436 g/mol. The monoisotopic (exact) mass is 436 g/mol. The third-order valence-corrected chi connectivity index (χ3v) is 5.86. The normalized spacial score (nSPS) is 11.5. The van der Waals surface area contributed by atoms with Crippen LogP contribution in [-0.2, 0) is 16.6 Å². The largest absolute Gasteiger partial charge is 0.312 e.